The lowest BCUT2D eigenvalue weighted by molar-refractivity contribution is -0.385. The smallest absolute Gasteiger partial charge is 0.329 e. The third-order valence-corrected chi connectivity index (χ3v) is 3.41. The van der Waals surface area contributed by atoms with E-state index in [0.29, 0.717) is 5.75 Å². The number of rotatable bonds is 3. The molecule has 0 atom stereocenters. The third kappa shape index (κ3) is 2.53. The fourth-order valence-electron chi connectivity index (χ4n) is 2.16. The number of para-hydroxylation sites is 1. The Balaban J connectivity index is 2.12. The molecule has 104 valence electrons. The van der Waals surface area contributed by atoms with Crippen molar-refractivity contribution in [2.24, 2.45) is 0 Å². The number of hydrogen-bond donors (Lipinski definition) is 0. The first kappa shape index (κ1) is 13.4. The monoisotopic (exact) mass is 299 g/mol. The molecule has 3 rings (SSSR count). The van der Waals surface area contributed by atoms with E-state index in [1.807, 2.05) is 36.4 Å². The van der Waals surface area contributed by atoms with Crippen LogP contribution in [0, 0.1) is 10.1 Å². The first-order valence-electron chi connectivity index (χ1n) is 6.25. The minimum absolute atomic E-state index is 0.0535. The molecule has 0 unspecified atom stereocenters. The van der Waals surface area contributed by atoms with Gasteiger partial charge in [0.05, 0.1) is 4.92 Å². The quantitative estimate of drug-likeness (QED) is 0.494. The molecule has 0 aliphatic heterocycles. The van der Waals surface area contributed by atoms with Crippen molar-refractivity contribution in [1.29, 1.82) is 0 Å². The van der Waals surface area contributed by atoms with Crippen molar-refractivity contribution in [3.05, 3.63) is 75.8 Å². The molecule has 0 aliphatic rings. The molecule has 0 aliphatic carbocycles. The highest BCUT2D eigenvalue weighted by Crippen LogP contribution is 2.38. The van der Waals surface area contributed by atoms with Gasteiger partial charge >= 0.3 is 5.69 Å². The van der Waals surface area contributed by atoms with Gasteiger partial charge in [-0.15, -0.1) is 0 Å². The maximum Gasteiger partial charge on any atom is 0.329 e. The molecular formula is C16H10ClNO3. The highest BCUT2D eigenvalue weighted by Gasteiger charge is 2.20. The zero-order chi connectivity index (χ0) is 14.8. The van der Waals surface area contributed by atoms with E-state index < -0.39 is 4.92 Å². The SMILES string of the molecule is O=[N+]([O-])c1c(Cl)cccc1Oc1cccc2ccccc12. The summed E-state index contributed by atoms with van der Waals surface area (Å²) in [7, 11) is 0. The van der Waals surface area contributed by atoms with E-state index in [4.69, 9.17) is 16.3 Å². The van der Waals surface area contributed by atoms with Gasteiger partial charge in [0.1, 0.15) is 10.8 Å². The molecule has 4 nitrogen and oxygen atoms in total. The predicted molar refractivity (Wildman–Crippen MR) is 82.1 cm³/mol. The van der Waals surface area contributed by atoms with Gasteiger partial charge in [-0.05, 0) is 23.6 Å². The lowest BCUT2D eigenvalue weighted by Crippen LogP contribution is -1.94. The lowest BCUT2D eigenvalue weighted by Gasteiger charge is -2.09. The summed E-state index contributed by atoms with van der Waals surface area (Å²) in [6.07, 6.45) is 0. The number of ether oxygens (including phenoxy) is 1. The van der Waals surface area contributed by atoms with Gasteiger partial charge in [0.15, 0.2) is 0 Å². The van der Waals surface area contributed by atoms with E-state index in [1.165, 1.54) is 12.1 Å². The van der Waals surface area contributed by atoms with Crippen LogP contribution in [0.3, 0.4) is 0 Å². The molecule has 0 aromatic heterocycles. The molecule has 21 heavy (non-hydrogen) atoms. The normalized spacial score (nSPS) is 10.5. The number of nitro groups is 1. The van der Waals surface area contributed by atoms with Crippen LogP contribution in [0.2, 0.25) is 5.02 Å². The zero-order valence-electron chi connectivity index (χ0n) is 10.8. The van der Waals surface area contributed by atoms with E-state index >= 15 is 0 Å². The van der Waals surface area contributed by atoms with Crippen LogP contribution in [0.25, 0.3) is 10.8 Å². The standard InChI is InChI=1S/C16H10ClNO3/c17-13-8-4-10-15(16(13)18(19)20)21-14-9-3-6-11-5-1-2-7-12(11)14/h1-10H. The number of hydrogen-bond acceptors (Lipinski definition) is 3. The summed E-state index contributed by atoms with van der Waals surface area (Å²) in [6.45, 7) is 0. The Bertz CT molecular complexity index is 827. The highest BCUT2D eigenvalue weighted by molar-refractivity contribution is 6.33. The molecule has 5 heteroatoms. The average Bonchev–Trinajstić information content (AvgIpc) is 2.47. The summed E-state index contributed by atoms with van der Waals surface area (Å²) in [5, 5.41) is 13.1. The first-order chi connectivity index (χ1) is 10.2. The zero-order valence-corrected chi connectivity index (χ0v) is 11.6. The summed E-state index contributed by atoms with van der Waals surface area (Å²) in [5.41, 5.74) is -0.230. The van der Waals surface area contributed by atoms with Crippen LogP contribution in [-0.2, 0) is 0 Å². The van der Waals surface area contributed by atoms with Crippen LogP contribution in [0.1, 0.15) is 0 Å². The van der Waals surface area contributed by atoms with Crippen LogP contribution >= 0.6 is 11.6 Å². The second-order valence-corrected chi connectivity index (χ2v) is 4.83. The molecule has 0 spiro atoms. The second-order valence-electron chi connectivity index (χ2n) is 4.42. The molecule has 0 fully saturated rings. The Hall–Kier alpha value is -2.59. The van der Waals surface area contributed by atoms with Gasteiger partial charge in [-0.3, -0.25) is 10.1 Å². The Morgan fingerprint density at radius 3 is 2.38 bits per heavy atom. The number of halogens is 1. The number of nitro benzene ring substituents is 1. The van der Waals surface area contributed by atoms with E-state index in [9.17, 15) is 10.1 Å². The number of nitrogens with zero attached hydrogens (tertiary/aromatic N) is 1. The van der Waals surface area contributed by atoms with Gasteiger partial charge in [0.25, 0.3) is 0 Å². The maximum atomic E-state index is 11.1. The maximum absolute atomic E-state index is 11.1. The topological polar surface area (TPSA) is 52.4 Å². The number of benzene rings is 3. The second kappa shape index (κ2) is 5.42. The van der Waals surface area contributed by atoms with Crippen LogP contribution in [0.4, 0.5) is 5.69 Å². The molecule has 0 bridgehead atoms. The van der Waals surface area contributed by atoms with Gasteiger partial charge in [0.2, 0.25) is 5.75 Å². The van der Waals surface area contributed by atoms with Gasteiger partial charge in [-0.1, -0.05) is 54.1 Å². The summed E-state index contributed by atoms with van der Waals surface area (Å²) in [6, 6.07) is 17.9. The Kier molecular flexibility index (Phi) is 3.46. The number of fused-ring (bicyclic) bond motifs is 1. The van der Waals surface area contributed by atoms with Crippen molar-refractivity contribution in [1.82, 2.24) is 0 Å². The van der Waals surface area contributed by atoms with Crippen molar-refractivity contribution >= 4 is 28.1 Å². The molecule has 0 radical (unpaired) electrons. The fraction of sp³-hybridized carbons (Fsp3) is 0. The minimum Gasteiger partial charge on any atom is -0.449 e. The van der Waals surface area contributed by atoms with E-state index in [2.05, 4.69) is 0 Å². The van der Waals surface area contributed by atoms with E-state index in [-0.39, 0.29) is 16.5 Å². The van der Waals surface area contributed by atoms with Crippen molar-refractivity contribution in [2.45, 2.75) is 0 Å². The van der Waals surface area contributed by atoms with Crippen molar-refractivity contribution < 1.29 is 9.66 Å². The Labute approximate surface area is 125 Å². The fourth-order valence-corrected chi connectivity index (χ4v) is 2.39. The van der Waals surface area contributed by atoms with Crippen LogP contribution in [-0.4, -0.2) is 4.92 Å². The molecule has 3 aromatic carbocycles. The molecule has 0 saturated heterocycles. The summed E-state index contributed by atoms with van der Waals surface area (Å²) in [5.74, 6) is 0.683. The minimum atomic E-state index is -0.539. The predicted octanol–water partition coefficient (Wildman–Crippen LogP) is 5.19. The molecule has 3 aromatic rings. The highest BCUT2D eigenvalue weighted by atomic mass is 35.5. The molecule has 0 amide bonds. The molecule has 0 saturated carbocycles. The lowest BCUT2D eigenvalue weighted by atomic mass is 10.1. The summed E-state index contributed by atoms with van der Waals surface area (Å²) in [4.78, 5) is 10.6. The van der Waals surface area contributed by atoms with Crippen molar-refractivity contribution in [3.8, 4) is 11.5 Å². The van der Waals surface area contributed by atoms with Crippen molar-refractivity contribution in [3.63, 3.8) is 0 Å². The van der Waals surface area contributed by atoms with Gasteiger partial charge in [-0.2, -0.15) is 0 Å². The molecule has 0 heterocycles. The van der Waals surface area contributed by atoms with E-state index in [1.54, 1.807) is 12.1 Å². The van der Waals surface area contributed by atoms with Crippen molar-refractivity contribution in [2.75, 3.05) is 0 Å². The van der Waals surface area contributed by atoms with Gasteiger partial charge in [-0.25, -0.2) is 0 Å². The van der Waals surface area contributed by atoms with Crippen LogP contribution in [0.5, 0.6) is 11.5 Å². The largest absolute Gasteiger partial charge is 0.449 e. The molecule has 0 N–H and O–H groups in total. The van der Waals surface area contributed by atoms with Crippen LogP contribution < -0.4 is 4.74 Å². The summed E-state index contributed by atoms with van der Waals surface area (Å²) >= 11 is 5.89. The van der Waals surface area contributed by atoms with E-state index in [0.717, 1.165) is 10.8 Å². The summed E-state index contributed by atoms with van der Waals surface area (Å²) < 4.78 is 5.74. The Morgan fingerprint density at radius 2 is 1.57 bits per heavy atom. The van der Waals surface area contributed by atoms with Gasteiger partial charge < -0.3 is 4.74 Å². The Morgan fingerprint density at radius 1 is 0.905 bits per heavy atom. The third-order valence-electron chi connectivity index (χ3n) is 3.10. The first-order valence-corrected chi connectivity index (χ1v) is 6.63. The van der Waals surface area contributed by atoms with Crippen LogP contribution in [0.15, 0.2) is 60.7 Å². The molecular weight excluding hydrogens is 290 g/mol. The van der Waals surface area contributed by atoms with Gasteiger partial charge in [0, 0.05) is 5.39 Å². The average molecular weight is 300 g/mol.